The molecule has 2 N–H and O–H groups in total. The van der Waals surface area contributed by atoms with Gasteiger partial charge in [-0.25, -0.2) is 0 Å². The number of ether oxygens (including phenoxy) is 1. The van der Waals surface area contributed by atoms with Crippen molar-refractivity contribution in [1.82, 2.24) is 4.98 Å². The molecule has 0 aliphatic carbocycles. The maximum Gasteiger partial charge on any atom is 0.126 e. The summed E-state index contributed by atoms with van der Waals surface area (Å²) in [5.74, 6) is 1.15. The molecule has 1 aliphatic heterocycles. The standard InChI is InChI=1S/C14H13ClN2O2S/c15-11-5-9-2-4-19-14(9)10(6-11)8-20(18)13-1-3-17-7-12(13)16/h1,3,5-7H,2,4,8,16H2. The highest BCUT2D eigenvalue weighted by molar-refractivity contribution is 7.84. The lowest BCUT2D eigenvalue weighted by molar-refractivity contribution is 0.354. The molecule has 1 aromatic heterocycles. The zero-order valence-electron chi connectivity index (χ0n) is 10.6. The van der Waals surface area contributed by atoms with Crippen LogP contribution < -0.4 is 10.5 Å². The van der Waals surface area contributed by atoms with Gasteiger partial charge >= 0.3 is 0 Å². The van der Waals surface area contributed by atoms with Crippen molar-refractivity contribution in [2.24, 2.45) is 0 Å². The summed E-state index contributed by atoms with van der Waals surface area (Å²) in [5.41, 5.74) is 8.18. The average Bonchev–Trinajstić information content (AvgIpc) is 2.87. The van der Waals surface area contributed by atoms with Gasteiger partial charge < -0.3 is 10.5 Å². The minimum absolute atomic E-state index is 0.330. The molecule has 1 aliphatic rings. The molecule has 0 spiro atoms. The summed E-state index contributed by atoms with van der Waals surface area (Å²) >= 11 is 6.10. The number of aromatic nitrogens is 1. The summed E-state index contributed by atoms with van der Waals surface area (Å²) in [5, 5.41) is 0.643. The number of rotatable bonds is 3. The largest absolute Gasteiger partial charge is 0.493 e. The van der Waals surface area contributed by atoms with Crippen LogP contribution >= 0.6 is 11.6 Å². The molecule has 3 rings (SSSR count). The number of hydrogen-bond donors (Lipinski definition) is 1. The normalized spacial score (nSPS) is 14.7. The Hall–Kier alpha value is -1.59. The molecule has 0 fully saturated rings. The van der Waals surface area contributed by atoms with E-state index in [1.165, 1.54) is 6.20 Å². The maximum absolute atomic E-state index is 12.5. The molecular formula is C14H13ClN2O2S. The molecule has 104 valence electrons. The number of benzene rings is 1. The van der Waals surface area contributed by atoms with E-state index in [0.29, 0.717) is 28.0 Å². The number of nitrogens with two attached hydrogens (primary N) is 1. The lowest BCUT2D eigenvalue weighted by Gasteiger charge is -2.10. The lowest BCUT2D eigenvalue weighted by Crippen LogP contribution is -2.02. The Kier molecular flexibility index (Phi) is 3.63. The van der Waals surface area contributed by atoms with E-state index >= 15 is 0 Å². The second kappa shape index (κ2) is 5.42. The predicted octanol–water partition coefficient (Wildman–Crippen LogP) is 2.56. The molecule has 0 radical (unpaired) electrons. The van der Waals surface area contributed by atoms with E-state index in [2.05, 4.69) is 4.98 Å². The van der Waals surface area contributed by atoms with Crippen LogP contribution in [0.5, 0.6) is 5.75 Å². The smallest absolute Gasteiger partial charge is 0.126 e. The number of hydrogen-bond acceptors (Lipinski definition) is 4. The van der Waals surface area contributed by atoms with Crippen LogP contribution in [-0.2, 0) is 23.0 Å². The van der Waals surface area contributed by atoms with Crippen LogP contribution in [0, 0.1) is 0 Å². The first-order valence-corrected chi connectivity index (χ1v) is 7.87. The van der Waals surface area contributed by atoms with Gasteiger partial charge in [0, 0.05) is 23.2 Å². The van der Waals surface area contributed by atoms with E-state index in [0.717, 1.165) is 23.3 Å². The highest BCUT2D eigenvalue weighted by Crippen LogP contribution is 2.34. The monoisotopic (exact) mass is 308 g/mol. The summed E-state index contributed by atoms with van der Waals surface area (Å²) < 4.78 is 18.1. The third kappa shape index (κ3) is 2.51. The Bertz CT molecular complexity index is 691. The van der Waals surface area contributed by atoms with Crippen LogP contribution in [0.25, 0.3) is 0 Å². The van der Waals surface area contributed by atoms with Crippen LogP contribution in [0.3, 0.4) is 0 Å². The van der Waals surface area contributed by atoms with Crippen LogP contribution in [0.2, 0.25) is 5.02 Å². The summed E-state index contributed by atoms with van der Waals surface area (Å²) in [6.07, 6.45) is 3.93. The van der Waals surface area contributed by atoms with Crippen molar-refractivity contribution in [2.45, 2.75) is 17.1 Å². The molecule has 0 saturated heterocycles. The van der Waals surface area contributed by atoms with E-state index < -0.39 is 10.8 Å². The van der Waals surface area contributed by atoms with E-state index in [-0.39, 0.29) is 0 Å². The average molecular weight is 309 g/mol. The van der Waals surface area contributed by atoms with Crippen molar-refractivity contribution in [3.8, 4) is 5.75 Å². The molecule has 1 unspecified atom stereocenters. The van der Waals surface area contributed by atoms with Gasteiger partial charge in [0.05, 0.1) is 39.9 Å². The fourth-order valence-corrected chi connectivity index (χ4v) is 3.72. The van der Waals surface area contributed by atoms with Crippen molar-refractivity contribution >= 4 is 28.1 Å². The van der Waals surface area contributed by atoms with E-state index in [1.54, 1.807) is 18.3 Å². The second-order valence-corrected chi connectivity index (χ2v) is 6.41. The molecule has 0 saturated carbocycles. The first kappa shape index (κ1) is 13.4. The summed E-state index contributed by atoms with van der Waals surface area (Å²) in [7, 11) is -1.25. The summed E-state index contributed by atoms with van der Waals surface area (Å²) in [4.78, 5) is 4.49. The van der Waals surface area contributed by atoms with Gasteiger partial charge in [0.2, 0.25) is 0 Å². The van der Waals surface area contributed by atoms with Gasteiger partial charge in [-0.2, -0.15) is 0 Å². The summed E-state index contributed by atoms with van der Waals surface area (Å²) in [6, 6.07) is 5.38. The van der Waals surface area contributed by atoms with E-state index in [1.807, 2.05) is 6.07 Å². The Morgan fingerprint density at radius 3 is 3.10 bits per heavy atom. The molecule has 2 aromatic rings. The number of pyridine rings is 1. The summed E-state index contributed by atoms with van der Waals surface area (Å²) in [6.45, 7) is 0.646. The SMILES string of the molecule is Nc1cnccc1S(=O)Cc1cc(Cl)cc2c1OCC2. The number of nitrogen functional groups attached to an aromatic ring is 1. The number of nitrogens with zero attached hydrogens (tertiary/aromatic N) is 1. The minimum atomic E-state index is -1.25. The Morgan fingerprint density at radius 2 is 2.30 bits per heavy atom. The molecule has 0 bridgehead atoms. The zero-order valence-corrected chi connectivity index (χ0v) is 12.2. The van der Waals surface area contributed by atoms with Crippen LogP contribution in [0.4, 0.5) is 5.69 Å². The van der Waals surface area contributed by atoms with Gasteiger partial charge in [-0.05, 0) is 23.8 Å². The number of fused-ring (bicyclic) bond motifs is 1. The third-order valence-corrected chi connectivity index (χ3v) is 4.82. The van der Waals surface area contributed by atoms with Crippen LogP contribution in [0.15, 0.2) is 35.5 Å². The van der Waals surface area contributed by atoms with Crippen molar-refractivity contribution in [1.29, 1.82) is 0 Å². The second-order valence-electron chi connectivity index (χ2n) is 4.55. The highest BCUT2D eigenvalue weighted by Gasteiger charge is 2.20. The molecule has 20 heavy (non-hydrogen) atoms. The quantitative estimate of drug-likeness (QED) is 0.946. The van der Waals surface area contributed by atoms with Gasteiger partial charge in [-0.3, -0.25) is 9.19 Å². The predicted molar refractivity (Wildman–Crippen MR) is 79.4 cm³/mol. The zero-order chi connectivity index (χ0) is 14.1. The van der Waals surface area contributed by atoms with E-state index in [9.17, 15) is 4.21 Å². The van der Waals surface area contributed by atoms with Crippen molar-refractivity contribution in [2.75, 3.05) is 12.3 Å². The van der Waals surface area contributed by atoms with Gasteiger partial charge in [-0.15, -0.1) is 0 Å². The molecule has 2 heterocycles. The molecular weight excluding hydrogens is 296 g/mol. The lowest BCUT2D eigenvalue weighted by atomic mass is 10.1. The van der Waals surface area contributed by atoms with Crippen molar-refractivity contribution in [3.63, 3.8) is 0 Å². The van der Waals surface area contributed by atoms with Crippen molar-refractivity contribution < 1.29 is 8.95 Å². The Balaban J connectivity index is 1.93. The number of halogens is 1. The van der Waals surface area contributed by atoms with Crippen molar-refractivity contribution in [3.05, 3.63) is 46.7 Å². The minimum Gasteiger partial charge on any atom is -0.493 e. The first-order valence-electron chi connectivity index (χ1n) is 6.17. The third-order valence-electron chi connectivity index (χ3n) is 3.17. The van der Waals surface area contributed by atoms with Gasteiger partial charge in [0.15, 0.2) is 0 Å². The molecule has 0 amide bonds. The molecule has 1 aromatic carbocycles. The Labute approximate surface area is 124 Å². The molecule has 4 nitrogen and oxygen atoms in total. The van der Waals surface area contributed by atoms with Crippen LogP contribution in [-0.4, -0.2) is 15.8 Å². The van der Waals surface area contributed by atoms with Crippen LogP contribution in [0.1, 0.15) is 11.1 Å². The molecule has 6 heteroatoms. The van der Waals surface area contributed by atoms with Gasteiger partial charge in [-0.1, -0.05) is 11.6 Å². The van der Waals surface area contributed by atoms with Gasteiger partial charge in [0.25, 0.3) is 0 Å². The highest BCUT2D eigenvalue weighted by atomic mass is 35.5. The fourth-order valence-electron chi connectivity index (χ4n) is 2.27. The maximum atomic E-state index is 12.5. The first-order chi connectivity index (χ1) is 9.65. The van der Waals surface area contributed by atoms with E-state index in [4.69, 9.17) is 22.1 Å². The molecule has 1 atom stereocenters. The number of anilines is 1. The fraction of sp³-hybridized carbons (Fsp3) is 0.214. The topological polar surface area (TPSA) is 65.2 Å². The van der Waals surface area contributed by atoms with Gasteiger partial charge in [0.1, 0.15) is 5.75 Å². The Morgan fingerprint density at radius 1 is 1.45 bits per heavy atom.